The van der Waals surface area contributed by atoms with Gasteiger partial charge in [0, 0.05) is 0 Å². The molecule has 0 aromatic heterocycles. The number of esters is 1. The highest BCUT2D eigenvalue weighted by Gasteiger charge is 2.66. The molecule has 2 aromatic carbocycles. The molecule has 0 heterocycles. The van der Waals surface area contributed by atoms with Crippen molar-refractivity contribution in [1.29, 1.82) is 0 Å². The molecule has 2 aromatic rings. The van der Waals surface area contributed by atoms with Crippen LogP contribution in [0.5, 0.6) is 5.75 Å². The Morgan fingerprint density at radius 2 is 1.73 bits per heavy atom. The lowest BCUT2D eigenvalue weighted by Crippen LogP contribution is -2.37. The second-order valence-electron chi connectivity index (χ2n) is 8.43. The van der Waals surface area contributed by atoms with Gasteiger partial charge in [0.1, 0.15) is 17.8 Å². The second kappa shape index (κ2) is 8.88. The Kier molecular flexibility index (Phi) is 6.46. The Hall–Kier alpha value is -2.86. The lowest BCUT2D eigenvalue weighted by Gasteiger charge is -2.20. The summed E-state index contributed by atoms with van der Waals surface area (Å²) in [5, 5.41) is 0. The first-order chi connectivity index (χ1) is 14.3. The predicted molar refractivity (Wildman–Crippen MR) is 113 cm³/mol. The summed E-state index contributed by atoms with van der Waals surface area (Å²) in [7, 11) is 0. The van der Waals surface area contributed by atoms with Crippen LogP contribution in [0.1, 0.15) is 45.2 Å². The van der Waals surface area contributed by atoms with E-state index in [1.165, 1.54) is 0 Å². The van der Waals surface area contributed by atoms with Gasteiger partial charge in [-0.25, -0.2) is 5.48 Å². The van der Waals surface area contributed by atoms with E-state index in [2.05, 4.69) is 5.48 Å². The third-order valence-corrected chi connectivity index (χ3v) is 4.99. The van der Waals surface area contributed by atoms with Crippen LogP contribution < -0.4 is 10.2 Å². The van der Waals surface area contributed by atoms with Gasteiger partial charge in [0.15, 0.2) is 0 Å². The van der Waals surface area contributed by atoms with Gasteiger partial charge in [-0.15, -0.1) is 0 Å². The number of hydroxylamine groups is 1. The zero-order valence-electron chi connectivity index (χ0n) is 17.9. The number of carbonyl (C=O) groups excluding carboxylic acids is 2. The maximum atomic E-state index is 12.8. The smallest absolute Gasteiger partial charge is 0.317 e. The minimum absolute atomic E-state index is 0.256. The molecule has 1 saturated carbocycles. The van der Waals surface area contributed by atoms with E-state index >= 15 is 0 Å². The van der Waals surface area contributed by atoms with Crippen molar-refractivity contribution >= 4 is 11.9 Å². The first kappa shape index (κ1) is 21.8. The molecule has 6 heteroatoms. The molecule has 2 atom stereocenters. The fourth-order valence-electron chi connectivity index (χ4n) is 3.37. The zero-order chi connectivity index (χ0) is 21.8. The quantitative estimate of drug-likeness (QED) is 0.526. The average molecular weight is 411 g/mol. The molecule has 30 heavy (non-hydrogen) atoms. The molecule has 6 nitrogen and oxygen atoms in total. The molecule has 3 rings (SSSR count). The molecule has 1 aliphatic carbocycles. The fourth-order valence-corrected chi connectivity index (χ4v) is 3.37. The molecule has 0 bridgehead atoms. The first-order valence-electron chi connectivity index (χ1n) is 10.2. The van der Waals surface area contributed by atoms with Crippen LogP contribution in [0, 0.1) is 5.92 Å². The number of amides is 1. The van der Waals surface area contributed by atoms with Gasteiger partial charge in [-0.2, -0.15) is 0 Å². The van der Waals surface area contributed by atoms with Crippen LogP contribution in [0.25, 0.3) is 0 Å². The molecular weight excluding hydrogens is 382 g/mol. The molecule has 1 fully saturated rings. The molecular formula is C24H29NO5. The van der Waals surface area contributed by atoms with Crippen LogP contribution in [-0.2, 0) is 31.2 Å². The maximum Gasteiger partial charge on any atom is 0.317 e. The number of ether oxygens (including phenoxy) is 2. The largest absolute Gasteiger partial charge is 0.489 e. The van der Waals surface area contributed by atoms with Crippen molar-refractivity contribution in [3.8, 4) is 5.75 Å². The number of carbonyl (C=O) groups is 2. The van der Waals surface area contributed by atoms with Crippen molar-refractivity contribution in [3.05, 3.63) is 65.7 Å². The normalized spacial score (nSPS) is 20.3. The summed E-state index contributed by atoms with van der Waals surface area (Å²) >= 11 is 0. The molecule has 0 spiro atoms. The standard InChI is InChI=1S/C24H29NO5/c1-5-28-22(27)24(15-20(24)21(26)25-30-23(2,3)4)18-11-13-19(14-12-18)29-16-17-9-7-6-8-10-17/h6-14,20H,5,15-16H2,1-4H3,(H,25,26)/t20-,24-/m1/s1. The minimum atomic E-state index is -0.987. The summed E-state index contributed by atoms with van der Waals surface area (Å²) in [6.07, 6.45) is 0.384. The van der Waals surface area contributed by atoms with Gasteiger partial charge >= 0.3 is 5.97 Å². The number of benzene rings is 2. The van der Waals surface area contributed by atoms with Crippen molar-refractivity contribution in [1.82, 2.24) is 5.48 Å². The third-order valence-electron chi connectivity index (χ3n) is 4.99. The van der Waals surface area contributed by atoms with Crippen LogP contribution >= 0.6 is 0 Å². The zero-order valence-corrected chi connectivity index (χ0v) is 17.9. The topological polar surface area (TPSA) is 73.9 Å². The van der Waals surface area contributed by atoms with Crippen LogP contribution in [0.3, 0.4) is 0 Å². The van der Waals surface area contributed by atoms with Gasteiger partial charge in [0.05, 0.1) is 18.1 Å². The molecule has 0 unspecified atom stereocenters. The van der Waals surface area contributed by atoms with Crippen molar-refractivity contribution in [2.24, 2.45) is 5.92 Å². The molecule has 0 aliphatic heterocycles. The highest BCUT2D eigenvalue weighted by molar-refractivity contribution is 5.98. The Morgan fingerprint density at radius 1 is 1.07 bits per heavy atom. The maximum absolute atomic E-state index is 12.8. The van der Waals surface area contributed by atoms with Crippen LogP contribution in [0.4, 0.5) is 0 Å². The van der Waals surface area contributed by atoms with E-state index in [-0.39, 0.29) is 18.5 Å². The number of hydrogen-bond acceptors (Lipinski definition) is 5. The molecule has 1 aliphatic rings. The van der Waals surface area contributed by atoms with Crippen LogP contribution in [-0.4, -0.2) is 24.1 Å². The fraction of sp³-hybridized carbons (Fsp3) is 0.417. The summed E-state index contributed by atoms with van der Waals surface area (Å²) in [6.45, 7) is 7.99. The van der Waals surface area contributed by atoms with Gasteiger partial charge in [-0.05, 0) is 57.4 Å². The van der Waals surface area contributed by atoms with E-state index in [0.717, 1.165) is 11.1 Å². The van der Waals surface area contributed by atoms with E-state index in [1.54, 1.807) is 6.92 Å². The van der Waals surface area contributed by atoms with Crippen LogP contribution in [0.15, 0.2) is 54.6 Å². The Bertz CT molecular complexity index is 873. The van der Waals surface area contributed by atoms with Gasteiger partial charge < -0.3 is 9.47 Å². The third kappa shape index (κ3) is 5.00. The molecule has 0 radical (unpaired) electrons. The minimum Gasteiger partial charge on any atom is -0.489 e. The summed E-state index contributed by atoms with van der Waals surface area (Å²) < 4.78 is 11.1. The monoisotopic (exact) mass is 411 g/mol. The van der Waals surface area contributed by atoms with E-state index in [4.69, 9.17) is 14.3 Å². The highest BCUT2D eigenvalue weighted by Crippen LogP contribution is 2.55. The first-order valence-corrected chi connectivity index (χ1v) is 10.2. The number of nitrogens with one attached hydrogen (secondary N) is 1. The Labute approximate surface area is 177 Å². The summed E-state index contributed by atoms with van der Waals surface area (Å²) in [4.78, 5) is 30.8. The molecule has 160 valence electrons. The van der Waals surface area contributed by atoms with Crippen molar-refractivity contribution in [2.75, 3.05) is 6.61 Å². The van der Waals surface area contributed by atoms with Gasteiger partial charge in [0.2, 0.25) is 5.91 Å². The van der Waals surface area contributed by atoms with Crippen molar-refractivity contribution in [3.63, 3.8) is 0 Å². The van der Waals surface area contributed by atoms with Gasteiger partial charge in [0.25, 0.3) is 0 Å². The van der Waals surface area contributed by atoms with Gasteiger partial charge in [-0.3, -0.25) is 14.4 Å². The predicted octanol–water partition coefficient (Wildman–Crippen LogP) is 3.93. The second-order valence-corrected chi connectivity index (χ2v) is 8.43. The molecule has 1 N–H and O–H groups in total. The van der Waals surface area contributed by atoms with E-state index in [1.807, 2.05) is 75.4 Å². The lowest BCUT2D eigenvalue weighted by atomic mass is 9.93. The summed E-state index contributed by atoms with van der Waals surface area (Å²) in [5.74, 6) is -0.546. The van der Waals surface area contributed by atoms with Crippen molar-refractivity contribution < 1.29 is 23.9 Å². The average Bonchev–Trinajstić information content (AvgIpc) is 3.48. The lowest BCUT2D eigenvalue weighted by molar-refractivity contribution is -0.152. The highest BCUT2D eigenvalue weighted by atomic mass is 16.7. The SMILES string of the molecule is CCOC(=O)[C@@]1(c2ccc(OCc3ccccc3)cc2)C[C@@H]1C(=O)NOC(C)(C)C. The van der Waals surface area contributed by atoms with E-state index < -0.39 is 16.9 Å². The van der Waals surface area contributed by atoms with Crippen LogP contribution in [0.2, 0.25) is 0 Å². The van der Waals surface area contributed by atoms with E-state index in [0.29, 0.717) is 18.8 Å². The summed E-state index contributed by atoms with van der Waals surface area (Å²) in [6, 6.07) is 17.2. The molecule has 1 amide bonds. The molecule has 0 saturated heterocycles. The van der Waals surface area contributed by atoms with E-state index in [9.17, 15) is 9.59 Å². The number of hydrogen-bond donors (Lipinski definition) is 1. The summed E-state index contributed by atoms with van der Waals surface area (Å²) in [5.41, 5.74) is 2.79. The Balaban J connectivity index is 1.72. The number of rotatable bonds is 8. The van der Waals surface area contributed by atoms with Gasteiger partial charge in [-0.1, -0.05) is 42.5 Å². The Morgan fingerprint density at radius 3 is 2.33 bits per heavy atom. The van der Waals surface area contributed by atoms with Crippen molar-refractivity contribution in [2.45, 2.75) is 51.7 Å².